The fourth-order valence-corrected chi connectivity index (χ4v) is 2.86. The monoisotopic (exact) mass is 225 g/mol. The summed E-state index contributed by atoms with van der Waals surface area (Å²) in [6.45, 7) is 2.54. The minimum Gasteiger partial charge on any atom is -0.388 e. The van der Waals surface area contributed by atoms with Crippen LogP contribution in [0.3, 0.4) is 0 Å². The van der Waals surface area contributed by atoms with E-state index in [9.17, 15) is 9.90 Å². The lowest BCUT2D eigenvalue weighted by atomic mass is 10.00. The molecule has 0 spiro atoms. The van der Waals surface area contributed by atoms with Crippen molar-refractivity contribution in [2.24, 2.45) is 11.8 Å². The molecule has 0 heterocycles. The first-order valence-corrected chi connectivity index (χ1v) is 6.49. The lowest BCUT2D eigenvalue weighted by Crippen LogP contribution is -2.44. The molecule has 92 valence electrons. The number of aliphatic hydroxyl groups is 1. The highest BCUT2D eigenvalue weighted by molar-refractivity contribution is 5.78. The maximum Gasteiger partial charge on any atom is 0.225 e. The first kappa shape index (κ1) is 11.9. The Morgan fingerprint density at radius 3 is 2.50 bits per heavy atom. The first-order chi connectivity index (χ1) is 7.52. The van der Waals surface area contributed by atoms with Crippen molar-refractivity contribution in [2.75, 3.05) is 13.6 Å². The summed E-state index contributed by atoms with van der Waals surface area (Å²) >= 11 is 0. The standard InChI is InChI=1S/C13H23NO2/c1-10(11-5-6-11)12(15)14(2)9-13(16)7-3-4-8-13/h10-11,16H,3-9H2,1-2H3. The van der Waals surface area contributed by atoms with Gasteiger partial charge >= 0.3 is 0 Å². The highest BCUT2D eigenvalue weighted by Gasteiger charge is 2.37. The molecule has 0 aromatic heterocycles. The van der Waals surface area contributed by atoms with Gasteiger partial charge in [0.1, 0.15) is 0 Å². The largest absolute Gasteiger partial charge is 0.388 e. The van der Waals surface area contributed by atoms with Gasteiger partial charge in [0, 0.05) is 19.5 Å². The normalized spacial score (nSPS) is 25.4. The zero-order chi connectivity index (χ0) is 11.8. The average Bonchev–Trinajstić information content (AvgIpc) is 3.00. The van der Waals surface area contributed by atoms with Gasteiger partial charge in [-0.3, -0.25) is 4.79 Å². The number of hydrogen-bond acceptors (Lipinski definition) is 2. The second kappa shape index (κ2) is 4.36. The van der Waals surface area contributed by atoms with Crippen LogP contribution in [0.5, 0.6) is 0 Å². The molecule has 2 rings (SSSR count). The van der Waals surface area contributed by atoms with Crippen molar-refractivity contribution in [1.29, 1.82) is 0 Å². The van der Waals surface area contributed by atoms with E-state index in [0.29, 0.717) is 12.5 Å². The molecule has 0 bridgehead atoms. The summed E-state index contributed by atoms with van der Waals surface area (Å²) in [4.78, 5) is 13.8. The molecule has 0 aromatic rings. The lowest BCUT2D eigenvalue weighted by Gasteiger charge is -2.30. The summed E-state index contributed by atoms with van der Waals surface area (Å²) in [6.07, 6.45) is 6.29. The van der Waals surface area contributed by atoms with Gasteiger partial charge < -0.3 is 10.0 Å². The molecule has 0 aromatic carbocycles. The van der Waals surface area contributed by atoms with Crippen molar-refractivity contribution < 1.29 is 9.90 Å². The van der Waals surface area contributed by atoms with Crippen LogP contribution in [0.4, 0.5) is 0 Å². The van der Waals surface area contributed by atoms with Crippen molar-refractivity contribution in [3.8, 4) is 0 Å². The van der Waals surface area contributed by atoms with E-state index in [2.05, 4.69) is 0 Å². The highest BCUT2D eigenvalue weighted by Crippen LogP contribution is 2.38. The fourth-order valence-electron chi connectivity index (χ4n) is 2.86. The summed E-state index contributed by atoms with van der Waals surface area (Å²) in [6, 6.07) is 0. The predicted molar refractivity (Wildman–Crippen MR) is 62.9 cm³/mol. The molecule has 3 heteroatoms. The van der Waals surface area contributed by atoms with E-state index in [-0.39, 0.29) is 11.8 Å². The molecule has 2 fully saturated rings. The van der Waals surface area contributed by atoms with Crippen LogP contribution in [0.1, 0.15) is 45.4 Å². The number of carbonyl (C=O) groups excluding carboxylic acids is 1. The fraction of sp³-hybridized carbons (Fsp3) is 0.923. The third-order valence-corrected chi connectivity index (χ3v) is 4.16. The minimum absolute atomic E-state index is 0.148. The quantitative estimate of drug-likeness (QED) is 0.792. The summed E-state index contributed by atoms with van der Waals surface area (Å²) in [5, 5.41) is 10.3. The van der Waals surface area contributed by atoms with Crippen LogP contribution in [0, 0.1) is 11.8 Å². The van der Waals surface area contributed by atoms with Gasteiger partial charge in [-0.25, -0.2) is 0 Å². The molecule has 16 heavy (non-hydrogen) atoms. The Kier molecular flexibility index (Phi) is 3.24. The van der Waals surface area contributed by atoms with E-state index in [4.69, 9.17) is 0 Å². The summed E-state index contributed by atoms with van der Waals surface area (Å²) < 4.78 is 0. The van der Waals surface area contributed by atoms with E-state index in [1.165, 1.54) is 12.8 Å². The minimum atomic E-state index is -0.603. The molecule has 1 atom stereocenters. The topological polar surface area (TPSA) is 40.5 Å². The zero-order valence-corrected chi connectivity index (χ0v) is 10.4. The molecule has 0 radical (unpaired) electrons. The number of rotatable bonds is 4. The van der Waals surface area contributed by atoms with Gasteiger partial charge in [-0.05, 0) is 31.6 Å². The van der Waals surface area contributed by atoms with Crippen LogP contribution in [-0.2, 0) is 4.79 Å². The van der Waals surface area contributed by atoms with Crippen molar-refractivity contribution in [2.45, 2.75) is 51.0 Å². The Bertz CT molecular complexity index is 267. The molecule has 1 unspecified atom stereocenters. The zero-order valence-electron chi connectivity index (χ0n) is 10.4. The van der Waals surface area contributed by atoms with Crippen LogP contribution in [0.25, 0.3) is 0 Å². The smallest absolute Gasteiger partial charge is 0.225 e. The molecule has 0 aliphatic heterocycles. The van der Waals surface area contributed by atoms with Gasteiger partial charge in [-0.15, -0.1) is 0 Å². The van der Waals surface area contributed by atoms with E-state index in [1.54, 1.807) is 4.90 Å². The van der Waals surface area contributed by atoms with E-state index >= 15 is 0 Å². The van der Waals surface area contributed by atoms with Crippen molar-refractivity contribution in [3.05, 3.63) is 0 Å². The molecule has 0 saturated heterocycles. The summed E-state index contributed by atoms with van der Waals surface area (Å²) in [5.41, 5.74) is -0.603. The van der Waals surface area contributed by atoms with Crippen molar-refractivity contribution in [1.82, 2.24) is 4.90 Å². The molecule has 2 aliphatic rings. The van der Waals surface area contributed by atoms with Gasteiger partial charge in [-0.1, -0.05) is 19.8 Å². The van der Waals surface area contributed by atoms with Gasteiger partial charge in [0.15, 0.2) is 0 Å². The second-order valence-electron chi connectivity index (χ2n) is 5.75. The van der Waals surface area contributed by atoms with Gasteiger partial charge in [0.05, 0.1) is 5.60 Å². The van der Waals surface area contributed by atoms with Crippen LogP contribution < -0.4 is 0 Å². The number of likely N-dealkylation sites (N-methyl/N-ethyl adjacent to an activating group) is 1. The Morgan fingerprint density at radius 1 is 1.44 bits per heavy atom. The van der Waals surface area contributed by atoms with Crippen molar-refractivity contribution >= 4 is 5.91 Å². The average molecular weight is 225 g/mol. The Morgan fingerprint density at radius 2 is 2.00 bits per heavy atom. The molecular formula is C13H23NO2. The third kappa shape index (κ3) is 2.57. The SMILES string of the molecule is CC(C(=O)N(C)CC1(O)CCCC1)C1CC1. The first-order valence-electron chi connectivity index (χ1n) is 6.49. The van der Waals surface area contributed by atoms with Gasteiger partial charge in [-0.2, -0.15) is 0 Å². The highest BCUT2D eigenvalue weighted by atomic mass is 16.3. The molecule has 2 saturated carbocycles. The molecule has 2 aliphatic carbocycles. The number of hydrogen-bond donors (Lipinski definition) is 1. The molecular weight excluding hydrogens is 202 g/mol. The summed E-state index contributed by atoms with van der Waals surface area (Å²) in [5.74, 6) is 0.964. The van der Waals surface area contributed by atoms with E-state index in [1.807, 2.05) is 14.0 Å². The van der Waals surface area contributed by atoms with Gasteiger partial charge in [0.25, 0.3) is 0 Å². The third-order valence-electron chi connectivity index (χ3n) is 4.16. The van der Waals surface area contributed by atoms with Crippen LogP contribution in [0.15, 0.2) is 0 Å². The Labute approximate surface area is 97.8 Å². The van der Waals surface area contributed by atoms with Crippen LogP contribution >= 0.6 is 0 Å². The number of amides is 1. The number of carbonyl (C=O) groups is 1. The van der Waals surface area contributed by atoms with E-state index < -0.39 is 5.60 Å². The maximum absolute atomic E-state index is 12.1. The van der Waals surface area contributed by atoms with E-state index in [0.717, 1.165) is 25.7 Å². The number of nitrogens with zero attached hydrogens (tertiary/aromatic N) is 1. The van der Waals surface area contributed by atoms with Crippen LogP contribution in [0.2, 0.25) is 0 Å². The van der Waals surface area contributed by atoms with Gasteiger partial charge in [0.2, 0.25) is 5.91 Å². The predicted octanol–water partition coefficient (Wildman–Crippen LogP) is 1.80. The summed E-state index contributed by atoms with van der Waals surface area (Å²) in [7, 11) is 1.83. The second-order valence-corrected chi connectivity index (χ2v) is 5.75. The van der Waals surface area contributed by atoms with Crippen LogP contribution in [-0.4, -0.2) is 35.1 Å². The maximum atomic E-state index is 12.1. The lowest BCUT2D eigenvalue weighted by molar-refractivity contribution is -0.137. The molecule has 1 amide bonds. The Hall–Kier alpha value is -0.570. The Balaban J connectivity index is 1.86. The molecule has 1 N–H and O–H groups in total. The molecule has 3 nitrogen and oxygen atoms in total. The van der Waals surface area contributed by atoms with Crippen molar-refractivity contribution in [3.63, 3.8) is 0 Å².